The van der Waals surface area contributed by atoms with Gasteiger partial charge >= 0.3 is 5.97 Å². The minimum Gasteiger partial charge on any atom is -0.508 e. The molecule has 0 radical (unpaired) electrons. The predicted octanol–water partition coefficient (Wildman–Crippen LogP) is 4.89. The quantitative estimate of drug-likeness (QED) is 0.632. The molecule has 0 atom stereocenters. The Morgan fingerprint density at radius 3 is 1.89 bits per heavy atom. The van der Waals surface area contributed by atoms with Crippen molar-refractivity contribution in [1.29, 1.82) is 0 Å². The van der Waals surface area contributed by atoms with Crippen molar-refractivity contribution in [3.8, 4) is 5.75 Å². The van der Waals surface area contributed by atoms with E-state index in [1.165, 1.54) is 11.1 Å². The third kappa shape index (κ3) is 5.58. The second-order valence-electron chi connectivity index (χ2n) is 6.53. The molecule has 0 unspecified atom stereocenters. The summed E-state index contributed by atoms with van der Waals surface area (Å²) in [5.41, 5.74) is 5.48. The van der Waals surface area contributed by atoms with Gasteiger partial charge in [0, 0.05) is 0 Å². The summed E-state index contributed by atoms with van der Waals surface area (Å²) in [6.45, 7) is 0. The molecular weight excluding hydrogens is 336 g/mol. The number of carboxylic acids is 1. The van der Waals surface area contributed by atoms with Crippen LogP contribution >= 0.6 is 0 Å². The zero-order chi connectivity index (χ0) is 19.1. The molecule has 3 aromatic carbocycles. The first-order valence-electron chi connectivity index (χ1n) is 8.92. The van der Waals surface area contributed by atoms with Crippen LogP contribution in [0.5, 0.6) is 5.75 Å². The van der Waals surface area contributed by atoms with Crippen LogP contribution in [-0.4, -0.2) is 16.2 Å². The standard InChI is InChI=1S/C24H22O3/c25-23-14-11-18(12-15-23)10-13-22(21-4-2-1-3-5-21)16-19-6-8-20(9-7-19)17-24(26)27/h1-9,11-15,25H,10,16-17H2,(H,26,27). The average molecular weight is 358 g/mol. The lowest BCUT2D eigenvalue weighted by Gasteiger charge is -2.10. The van der Waals surface area contributed by atoms with E-state index in [-0.39, 0.29) is 12.2 Å². The van der Waals surface area contributed by atoms with E-state index in [1.54, 1.807) is 12.1 Å². The van der Waals surface area contributed by atoms with Crippen LogP contribution in [0.4, 0.5) is 0 Å². The van der Waals surface area contributed by atoms with Crippen LogP contribution in [-0.2, 0) is 24.1 Å². The molecule has 0 aliphatic carbocycles. The topological polar surface area (TPSA) is 57.5 Å². The smallest absolute Gasteiger partial charge is 0.307 e. The summed E-state index contributed by atoms with van der Waals surface area (Å²) in [4.78, 5) is 10.8. The van der Waals surface area contributed by atoms with Gasteiger partial charge in [-0.3, -0.25) is 4.79 Å². The van der Waals surface area contributed by atoms with Crippen molar-refractivity contribution in [2.75, 3.05) is 0 Å². The highest BCUT2D eigenvalue weighted by molar-refractivity contribution is 5.70. The number of allylic oxidation sites excluding steroid dienone is 2. The summed E-state index contributed by atoms with van der Waals surface area (Å²) in [6, 6.07) is 25.3. The first-order valence-corrected chi connectivity index (χ1v) is 8.92. The van der Waals surface area contributed by atoms with Crippen molar-refractivity contribution in [2.24, 2.45) is 0 Å². The molecule has 3 rings (SSSR count). The first-order chi connectivity index (χ1) is 13.1. The highest BCUT2D eigenvalue weighted by Crippen LogP contribution is 2.22. The monoisotopic (exact) mass is 358 g/mol. The summed E-state index contributed by atoms with van der Waals surface area (Å²) >= 11 is 0. The Morgan fingerprint density at radius 2 is 1.30 bits per heavy atom. The third-order valence-electron chi connectivity index (χ3n) is 4.44. The summed E-state index contributed by atoms with van der Waals surface area (Å²) in [5.74, 6) is -0.547. The van der Waals surface area contributed by atoms with E-state index in [0.717, 1.165) is 29.5 Å². The SMILES string of the molecule is O=C(O)Cc1ccc(CC(=CCc2ccc(O)cc2)c2ccccc2)cc1. The Balaban J connectivity index is 1.81. The Labute approximate surface area is 159 Å². The van der Waals surface area contributed by atoms with Crippen LogP contribution < -0.4 is 0 Å². The minimum absolute atomic E-state index is 0.0442. The number of aromatic hydroxyl groups is 1. The minimum atomic E-state index is -0.818. The number of phenols is 1. The van der Waals surface area contributed by atoms with Crippen LogP contribution in [0.2, 0.25) is 0 Å². The van der Waals surface area contributed by atoms with Crippen molar-refractivity contribution < 1.29 is 15.0 Å². The molecule has 3 nitrogen and oxygen atoms in total. The van der Waals surface area contributed by atoms with Crippen molar-refractivity contribution in [3.63, 3.8) is 0 Å². The molecule has 0 aliphatic rings. The number of hydrogen-bond acceptors (Lipinski definition) is 2. The Bertz CT molecular complexity index is 908. The zero-order valence-corrected chi connectivity index (χ0v) is 15.0. The first kappa shape index (κ1) is 18.5. The lowest BCUT2D eigenvalue weighted by atomic mass is 9.95. The fourth-order valence-electron chi connectivity index (χ4n) is 2.99. The van der Waals surface area contributed by atoms with E-state index in [4.69, 9.17) is 5.11 Å². The lowest BCUT2D eigenvalue weighted by molar-refractivity contribution is -0.136. The molecule has 2 N–H and O–H groups in total. The molecule has 0 amide bonds. The molecular formula is C24H22O3. The van der Waals surface area contributed by atoms with E-state index in [9.17, 15) is 9.90 Å². The molecule has 3 heteroatoms. The van der Waals surface area contributed by atoms with Gasteiger partial charge in [-0.2, -0.15) is 0 Å². The summed E-state index contributed by atoms with van der Waals surface area (Å²) in [6.07, 6.45) is 3.81. The maximum absolute atomic E-state index is 10.8. The highest BCUT2D eigenvalue weighted by Gasteiger charge is 2.05. The fourth-order valence-corrected chi connectivity index (χ4v) is 2.99. The second kappa shape index (κ2) is 8.86. The van der Waals surface area contributed by atoms with Gasteiger partial charge in [-0.1, -0.05) is 72.8 Å². The van der Waals surface area contributed by atoms with Gasteiger partial charge in [0.15, 0.2) is 0 Å². The van der Waals surface area contributed by atoms with Crippen LogP contribution in [0.3, 0.4) is 0 Å². The molecule has 0 bridgehead atoms. The number of hydrogen-bond donors (Lipinski definition) is 2. The van der Waals surface area contributed by atoms with Crippen molar-refractivity contribution >= 4 is 11.5 Å². The number of carboxylic acid groups (broad SMARTS) is 1. The van der Waals surface area contributed by atoms with E-state index < -0.39 is 5.97 Å². The molecule has 27 heavy (non-hydrogen) atoms. The van der Waals surface area contributed by atoms with Crippen molar-refractivity contribution in [1.82, 2.24) is 0 Å². The predicted molar refractivity (Wildman–Crippen MR) is 108 cm³/mol. The number of phenolic OH excluding ortho intramolecular Hbond substituents is 1. The maximum Gasteiger partial charge on any atom is 0.307 e. The van der Waals surface area contributed by atoms with E-state index in [2.05, 4.69) is 18.2 Å². The van der Waals surface area contributed by atoms with Gasteiger partial charge in [0.25, 0.3) is 0 Å². The molecule has 0 heterocycles. The summed E-state index contributed by atoms with van der Waals surface area (Å²) in [5, 5.41) is 18.3. The Hall–Kier alpha value is -3.33. The molecule has 0 aromatic heterocycles. The second-order valence-corrected chi connectivity index (χ2v) is 6.53. The number of benzene rings is 3. The fraction of sp³-hybridized carbons (Fsp3) is 0.125. The third-order valence-corrected chi connectivity index (χ3v) is 4.44. The van der Waals surface area contributed by atoms with Crippen LogP contribution in [0.1, 0.15) is 22.3 Å². The normalized spacial score (nSPS) is 11.3. The maximum atomic E-state index is 10.8. The lowest BCUT2D eigenvalue weighted by Crippen LogP contribution is -2.00. The summed E-state index contributed by atoms with van der Waals surface area (Å²) < 4.78 is 0. The Kier molecular flexibility index (Phi) is 6.06. The highest BCUT2D eigenvalue weighted by atomic mass is 16.4. The van der Waals surface area contributed by atoms with E-state index in [0.29, 0.717) is 0 Å². The number of aliphatic carboxylic acids is 1. The van der Waals surface area contributed by atoms with Crippen LogP contribution in [0.25, 0.3) is 5.57 Å². The van der Waals surface area contributed by atoms with E-state index >= 15 is 0 Å². The van der Waals surface area contributed by atoms with Gasteiger partial charge < -0.3 is 10.2 Å². The average Bonchev–Trinajstić information content (AvgIpc) is 2.68. The van der Waals surface area contributed by atoms with Gasteiger partial charge in [-0.25, -0.2) is 0 Å². The van der Waals surface area contributed by atoms with Crippen molar-refractivity contribution in [2.45, 2.75) is 19.3 Å². The summed E-state index contributed by atoms with van der Waals surface area (Å²) in [7, 11) is 0. The zero-order valence-electron chi connectivity index (χ0n) is 15.0. The molecule has 3 aromatic rings. The van der Waals surface area contributed by atoms with Gasteiger partial charge in [0.1, 0.15) is 5.75 Å². The van der Waals surface area contributed by atoms with Crippen LogP contribution in [0, 0.1) is 0 Å². The van der Waals surface area contributed by atoms with Gasteiger partial charge in [0.2, 0.25) is 0 Å². The van der Waals surface area contributed by atoms with Gasteiger partial charge in [-0.15, -0.1) is 0 Å². The molecule has 0 aliphatic heterocycles. The molecule has 0 spiro atoms. The number of rotatable bonds is 7. The van der Waals surface area contributed by atoms with Crippen molar-refractivity contribution in [3.05, 3.63) is 107 Å². The molecule has 0 saturated carbocycles. The molecule has 136 valence electrons. The van der Waals surface area contributed by atoms with Gasteiger partial charge in [-0.05, 0) is 52.8 Å². The Morgan fingerprint density at radius 1 is 0.741 bits per heavy atom. The van der Waals surface area contributed by atoms with Crippen LogP contribution in [0.15, 0.2) is 84.9 Å². The largest absolute Gasteiger partial charge is 0.508 e. The molecule has 0 fully saturated rings. The van der Waals surface area contributed by atoms with Gasteiger partial charge in [0.05, 0.1) is 6.42 Å². The molecule has 0 saturated heterocycles. The number of carbonyl (C=O) groups is 1. The van der Waals surface area contributed by atoms with E-state index in [1.807, 2.05) is 54.6 Å².